The summed E-state index contributed by atoms with van der Waals surface area (Å²) in [5.74, 6) is -3.65. The number of hydrogen-bond acceptors (Lipinski definition) is 10. The molecule has 22 heteroatoms. The van der Waals surface area contributed by atoms with Gasteiger partial charge >= 0.3 is 23.7 Å². The second kappa shape index (κ2) is 16.1. The lowest BCUT2D eigenvalue weighted by Gasteiger charge is -2.12. The maximum Gasteiger partial charge on any atom is 0.418 e. The van der Waals surface area contributed by atoms with Crippen LogP contribution in [0, 0.1) is 0 Å². The van der Waals surface area contributed by atoms with Crippen molar-refractivity contribution >= 4 is 68.2 Å². The van der Waals surface area contributed by atoms with Crippen molar-refractivity contribution in [1.29, 1.82) is 0 Å². The van der Waals surface area contributed by atoms with Crippen molar-refractivity contribution in [3.05, 3.63) is 117 Å². The third-order valence-corrected chi connectivity index (χ3v) is 8.61. The Kier molecular flexibility index (Phi) is 11.3. The number of H-pyrrole nitrogens is 2. The van der Waals surface area contributed by atoms with Gasteiger partial charge in [0, 0.05) is 11.4 Å². The number of nitrogens with one attached hydrogen (secondary N) is 4. The summed E-state index contributed by atoms with van der Waals surface area (Å²) in [4.78, 5) is 81.8. The molecule has 0 bridgehead atoms. The van der Waals surface area contributed by atoms with Crippen molar-refractivity contribution in [2.45, 2.75) is 45.0 Å². The highest BCUT2D eigenvalue weighted by atomic mass is 19.4. The van der Waals surface area contributed by atoms with Crippen molar-refractivity contribution in [2.24, 2.45) is 20.5 Å². The summed E-state index contributed by atoms with van der Waals surface area (Å²) in [6.07, 6.45) is -9.53. The van der Waals surface area contributed by atoms with Crippen LogP contribution in [0.2, 0.25) is 0 Å². The third-order valence-electron chi connectivity index (χ3n) is 8.61. The predicted molar refractivity (Wildman–Crippen MR) is 199 cm³/mol. The molecule has 4 N–H and O–H groups in total. The number of Topliss-reactive ketones (excluding diaryl/α,β-unsaturated/α-hetero) is 2. The molecule has 6 rings (SSSR count). The molecule has 0 aliphatic heterocycles. The van der Waals surface area contributed by atoms with Gasteiger partial charge in [0.05, 0.1) is 44.6 Å². The van der Waals surface area contributed by atoms with Crippen LogP contribution in [0.3, 0.4) is 0 Å². The molecule has 4 aromatic carbocycles. The van der Waals surface area contributed by atoms with Crippen LogP contribution in [0.5, 0.6) is 0 Å². The molecular weight excluding hydrogens is 794 g/mol. The molecule has 304 valence electrons. The number of carbonyl (C=O) groups excluding carboxylic acids is 4. The van der Waals surface area contributed by atoms with Gasteiger partial charge in [0.15, 0.2) is 11.6 Å². The topological polar surface area (TPSA) is 217 Å². The lowest BCUT2D eigenvalue weighted by atomic mass is 10.2. The third kappa shape index (κ3) is 9.05. The molecule has 0 spiro atoms. The predicted octanol–water partition coefficient (Wildman–Crippen LogP) is 6.88. The molecule has 2 aromatic heterocycles. The fraction of sp³-hybridized carbons (Fsp3) is 0.189. The smallest absolute Gasteiger partial charge is 0.324 e. The van der Waals surface area contributed by atoms with Crippen molar-refractivity contribution in [3.8, 4) is 0 Å². The summed E-state index contributed by atoms with van der Waals surface area (Å²) in [6, 6.07) is 13.1. The number of aromatic amines is 2. The first-order valence-corrected chi connectivity index (χ1v) is 17.0. The molecule has 59 heavy (non-hydrogen) atoms. The largest absolute Gasteiger partial charge is 0.418 e. The number of benzene rings is 4. The van der Waals surface area contributed by atoms with Gasteiger partial charge in [-0.05, 0) is 74.5 Å². The van der Waals surface area contributed by atoms with Gasteiger partial charge in [-0.15, -0.1) is 0 Å². The number of carbonyl (C=O) groups is 4. The van der Waals surface area contributed by atoms with Gasteiger partial charge in [0.2, 0.25) is 12.1 Å². The maximum absolute atomic E-state index is 13.4. The van der Waals surface area contributed by atoms with E-state index in [1.807, 2.05) is 0 Å². The second-order valence-electron chi connectivity index (χ2n) is 12.8. The van der Waals surface area contributed by atoms with Crippen LogP contribution < -0.4 is 22.0 Å². The van der Waals surface area contributed by atoms with Gasteiger partial charge in [-0.2, -0.15) is 46.8 Å². The fourth-order valence-electron chi connectivity index (χ4n) is 5.80. The van der Waals surface area contributed by atoms with E-state index in [4.69, 9.17) is 0 Å². The minimum atomic E-state index is -4.76. The van der Waals surface area contributed by atoms with Crippen LogP contribution >= 0.6 is 0 Å². The number of anilines is 2. The first-order valence-electron chi connectivity index (χ1n) is 17.0. The molecule has 2 unspecified atom stereocenters. The van der Waals surface area contributed by atoms with Crippen molar-refractivity contribution < 1.29 is 45.5 Å². The number of azo groups is 2. The zero-order chi connectivity index (χ0) is 42.8. The molecule has 0 saturated carbocycles. The van der Waals surface area contributed by atoms with E-state index < -0.39 is 81.7 Å². The quantitative estimate of drug-likeness (QED) is 0.0586. The van der Waals surface area contributed by atoms with Gasteiger partial charge < -0.3 is 20.6 Å². The molecule has 0 fully saturated rings. The lowest BCUT2D eigenvalue weighted by molar-refractivity contribution is -0.137. The van der Waals surface area contributed by atoms with Gasteiger partial charge in [0.25, 0.3) is 11.8 Å². The van der Waals surface area contributed by atoms with Gasteiger partial charge in [0.1, 0.15) is 6.67 Å². The molecule has 2 atom stereocenters. The Bertz CT molecular complexity index is 2630. The van der Waals surface area contributed by atoms with Gasteiger partial charge in [-0.3, -0.25) is 28.3 Å². The number of alkyl halides is 6. The summed E-state index contributed by atoms with van der Waals surface area (Å²) < 4.78 is 82.6. The van der Waals surface area contributed by atoms with E-state index in [1.165, 1.54) is 57.7 Å². The minimum Gasteiger partial charge on any atom is -0.324 e. The van der Waals surface area contributed by atoms with E-state index in [-0.39, 0.29) is 40.1 Å². The Hall–Kier alpha value is -7.52. The van der Waals surface area contributed by atoms with Crippen LogP contribution in [-0.4, -0.2) is 54.6 Å². The lowest BCUT2D eigenvalue weighted by Crippen LogP contribution is -2.31. The molecule has 0 aliphatic rings. The number of nitrogens with zero attached hydrogens (tertiary/aromatic N) is 6. The Balaban J connectivity index is 1.18. The SMILES string of the molecule is CC(=O)C(N=Nc1ccccc1C(F)(F)F)C(=O)Nc1ccc2c(c1)[nH]c(=O)n2Cn1c(=O)[nH]c2cc(NC(=O)C(N=Nc3ccccc3C(F)(F)F)C(C)=O)ccc21. The van der Waals surface area contributed by atoms with Crippen molar-refractivity contribution in [1.82, 2.24) is 19.1 Å². The Morgan fingerprint density at radius 3 is 1.34 bits per heavy atom. The summed E-state index contributed by atoms with van der Waals surface area (Å²) in [5, 5.41) is 19.0. The highest BCUT2D eigenvalue weighted by Crippen LogP contribution is 2.37. The van der Waals surface area contributed by atoms with Gasteiger partial charge in [-0.1, -0.05) is 24.3 Å². The summed E-state index contributed by atoms with van der Waals surface area (Å²) >= 11 is 0. The zero-order valence-corrected chi connectivity index (χ0v) is 30.3. The standard InChI is InChI=1S/C37H28F6N10O6/c1-18(54)30(50-48-24-9-5-3-7-22(24)36(38,39)40)32(56)44-20-11-13-28-26(15-20)46-34(58)52(28)17-53-29-14-12-21(16-27(29)47-35(53)59)45-33(57)31(19(2)55)51-49-25-10-6-4-8-23(25)37(41,42)43/h3-16,30-31H,17H2,1-2H3,(H,44,56)(H,45,57)(H,46,58)(H,47,59). The number of fused-ring (bicyclic) bond motifs is 2. The van der Waals surface area contributed by atoms with E-state index in [0.717, 1.165) is 50.2 Å². The van der Waals surface area contributed by atoms with Crippen molar-refractivity contribution in [2.75, 3.05) is 10.6 Å². The Morgan fingerprint density at radius 2 is 0.983 bits per heavy atom. The zero-order valence-electron chi connectivity index (χ0n) is 30.3. The van der Waals surface area contributed by atoms with E-state index in [1.54, 1.807) is 0 Å². The van der Waals surface area contributed by atoms with E-state index >= 15 is 0 Å². The number of aromatic nitrogens is 4. The fourth-order valence-corrected chi connectivity index (χ4v) is 5.80. The Morgan fingerprint density at radius 1 is 0.610 bits per heavy atom. The molecule has 2 amide bonds. The number of rotatable bonds is 12. The molecule has 0 aliphatic carbocycles. The summed E-state index contributed by atoms with van der Waals surface area (Å²) in [7, 11) is 0. The number of hydrogen-bond donors (Lipinski definition) is 4. The summed E-state index contributed by atoms with van der Waals surface area (Å²) in [5.41, 5.74) is -3.71. The Labute approximate surface area is 325 Å². The highest BCUT2D eigenvalue weighted by Gasteiger charge is 2.35. The molecular formula is C37H28F6N10O6. The number of amides is 2. The number of ketones is 2. The maximum atomic E-state index is 13.4. The molecule has 0 saturated heterocycles. The first-order chi connectivity index (χ1) is 27.8. The van der Waals surface area contributed by atoms with Gasteiger partial charge in [-0.25, -0.2) is 9.59 Å². The number of imidazole rings is 2. The van der Waals surface area contributed by atoms with Crippen LogP contribution in [0.4, 0.5) is 49.1 Å². The monoisotopic (exact) mass is 822 g/mol. The van der Waals surface area contributed by atoms with E-state index in [0.29, 0.717) is 0 Å². The minimum absolute atomic E-state index is 0.0755. The first kappa shape index (κ1) is 41.1. The second-order valence-corrected chi connectivity index (χ2v) is 12.8. The highest BCUT2D eigenvalue weighted by molar-refractivity contribution is 6.11. The number of halogens is 6. The average molecular weight is 823 g/mol. The normalized spacial score (nSPS) is 13.3. The molecule has 2 heterocycles. The van der Waals surface area contributed by atoms with Crippen LogP contribution in [0.1, 0.15) is 25.0 Å². The van der Waals surface area contributed by atoms with E-state index in [2.05, 4.69) is 41.1 Å². The van der Waals surface area contributed by atoms with Crippen LogP contribution in [-0.2, 0) is 38.2 Å². The molecule has 0 radical (unpaired) electrons. The average Bonchev–Trinajstić information content (AvgIpc) is 3.64. The summed E-state index contributed by atoms with van der Waals surface area (Å²) in [6.45, 7) is 1.68. The molecule has 6 aromatic rings. The molecule has 16 nitrogen and oxygen atoms in total. The van der Waals surface area contributed by atoms with Crippen LogP contribution in [0.15, 0.2) is 115 Å². The van der Waals surface area contributed by atoms with Crippen LogP contribution in [0.25, 0.3) is 22.1 Å². The van der Waals surface area contributed by atoms with Crippen molar-refractivity contribution in [3.63, 3.8) is 0 Å². The van der Waals surface area contributed by atoms with E-state index in [9.17, 15) is 55.1 Å².